The summed E-state index contributed by atoms with van der Waals surface area (Å²) in [6.07, 6.45) is 8.19. The molecule has 0 radical (unpaired) electrons. The van der Waals surface area contributed by atoms with Crippen LogP contribution in [0.1, 0.15) is 44.1 Å². The van der Waals surface area contributed by atoms with E-state index in [0.29, 0.717) is 0 Å². The van der Waals surface area contributed by atoms with Gasteiger partial charge in [0.2, 0.25) is 0 Å². The Balaban J connectivity index is 1.83. The van der Waals surface area contributed by atoms with Crippen LogP contribution in [0, 0.1) is 6.92 Å². The lowest BCUT2D eigenvalue weighted by atomic mass is 9.94. The van der Waals surface area contributed by atoms with Crippen molar-refractivity contribution < 1.29 is 12.6 Å². The lowest BCUT2D eigenvalue weighted by Crippen LogP contribution is -2.23. The molecule has 0 aromatic heterocycles. The molecule has 4 heteroatoms. The SMILES string of the molecule is Cc1ccc(S(=O)(=O)OC2(C3=CCCCC3)CC2)cc1. The Morgan fingerprint density at radius 3 is 2.35 bits per heavy atom. The van der Waals surface area contributed by atoms with E-state index in [1.165, 1.54) is 12.0 Å². The van der Waals surface area contributed by atoms with Gasteiger partial charge < -0.3 is 0 Å². The Kier molecular flexibility index (Phi) is 3.46. The first-order valence-corrected chi connectivity index (χ1v) is 8.65. The lowest BCUT2D eigenvalue weighted by molar-refractivity contribution is 0.217. The van der Waals surface area contributed by atoms with Gasteiger partial charge in [-0.3, -0.25) is 4.18 Å². The van der Waals surface area contributed by atoms with Crippen molar-refractivity contribution in [3.8, 4) is 0 Å². The Hall–Kier alpha value is -1.13. The summed E-state index contributed by atoms with van der Waals surface area (Å²) in [5.41, 5.74) is 1.71. The van der Waals surface area contributed by atoms with E-state index in [1.807, 2.05) is 6.92 Å². The van der Waals surface area contributed by atoms with Crippen molar-refractivity contribution in [3.05, 3.63) is 41.5 Å². The molecule has 0 aliphatic heterocycles. The molecule has 0 spiro atoms. The summed E-state index contributed by atoms with van der Waals surface area (Å²) >= 11 is 0. The average Bonchev–Trinajstić information content (AvgIpc) is 3.20. The van der Waals surface area contributed by atoms with Gasteiger partial charge in [0.25, 0.3) is 10.1 Å². The first-order valence-electron chi connectivity index (χ1n) is 7.24. The highest BCUT2D eigenvalue weighted by Crippen LogP contribution is 2.50. The topological polar surface area (TPSA) is 43.4 Å². The number of hydrogen-bond acceptors (Lipinski definition) is 3. The normalized spacial score (nSPS) is 21.4. The van der Waals surface area contributed by atoms with Gasteiger partial charge in [0.15, 0.2) is 0 Å². The van der Waals surface area contributed by atoms with Gasteiger partial charge in [-0.05, 0) is 63.2 Å². The fourth-order valence-corrected chi connectivity index (χ4v) is 4.05. The molecule has 1 saturated carbocycles. The third kappa shape index (κ3) is 2.67. The summed E-state index contributed by atoms with van der Waals surface area (Å²) in [6, 6.07) is 6.84. The van der Waals surface area contributed by atoms with E-state index < -0.39 is 15.7 Å². The van der Waals surface area contributed by atoms with Gasteiger partial charge in [-0.1, -0.05) is 23.8 Å². The molecule has 0 heterocycles. The van der Waals surface area contributed by atoms with Gasteiger partial charge in [0.1, 0.15) is 5.60 Å². The summed E-state index contributed by atoms with van der Waals surface area (Å²) in [5, 5.41) is 0. The molecule has 3 rings (SSSR count). The summed E-state index contributed by atoms with van der Waals surface area (Å²) in [6.45, 7) is 1.94. The van der Waals surface area contributed by atoms with E-state index in [4.69, 9.17) is 4.18 Å². The fraction of sp³-hybridized carbons (Fsp3) is 0.500. The van der Waals surface area contributed by atoms with Crippen molar-refractivity contribution in [3.63, 3.8) is 0 Å². The Morgan fingerprint density at radius 2 is 1.80 bits per heavy atom. The van der Waals surface area contributed by atoms with Crippen molar-refractivity contribution in [1.82, 2.24) is 0 Å². The second-order valence-electron chi connectivity index (χ2n) is 5.82. The highest BCUT2D eigenvalue weighted by atomic mass is 32.2. The fourth-order valence-electron chi connectivity index (χ4n) is 2.79. The quantitative estimate of drug-likeness (QED) is 0.627. The molecule has 0 saturated heterocycles. The molecule has 0 amide bonds. The van der Waals surface area contributed by atoms with Gasteiger partial charge in [-0.15, -0.1) is 0 Å². The van der Waals surface area contributed by atoms with E-state index in [2.05, 4.69) is 6.08 Å². The molecule has 0 atom stereocenters. The smallest absolute Gasteiger partial charge is 0.255 e. The monoisotopic (exact) mass is 292 g/mol. The van der Waals surface area contributed by atoms with E-state index in [9.17, 15) is 8.42 Å². The Morgan fingerprint density at radius 1 is 1.10 bits per heavy atom. The highest BCUT2D eigenvalue weighted by Gasteiger charge is 2.51. The Labute approximate surface area is 120 Å². The maximum atomic E-state index is 12.4. The average molecular weight is 292 g/mol. The van der Waals surface area contributed by atoms with Crippen LogP contribution in [0.4, 0.5) is 0 Å². The predicted octanol–water partition coefficient (Wildman–Crippen LogP) is 3.73. The highest BCUT2D eigenvalue weighted by molar-refractivity contribution is 7.86. The summed E-state index contributed by atoms with van der Waals surface area (Å²) in [5.74, 6) is 0. The summed E-state index contributed by atoms with van der Waals surface area (Å²) in [7, 11) is -3.66. The molecule has 0 N–H and O–H groups in total. The van der Waals surface area contributed by atoms with E-state index >= 15 is 0 Å². The third-order valence-corrected chi connectivity index (χ3v) is 5.55. The van der Waals surface area contributed by atoms with Crippen LogP contribution >= 0.6 is 0 Å². The van der Waals surface area contributed by atoms with Gasteiger partial charge in [0.05, 0.1) is 4.90 Å². The van der Waals surface area contributed by atoms with Crippen LogP contribution in [0.15, 0.2) is 40.8 Å². The molecule has 0 unspecified atom stereocenters. The predicted molar refractivity (Wildman–Crippen MR) is 78.0 cm³/mol. The summed E-state index contributed by atoms with van der Waals surface area (Å²) < 4.78 is 30.4. The summed E-state index contributed by atoms with van der Waals surface area (Å²) in [4.78, 5) is 0.255. The third-order valence-electron chi connectivity index (χ3n) is 4.16. The zero-order valence-corrected chi connectivity index (χ0v) is 12.6. The zero-order valence-electron chi connectivity index (χ0n) is 11.8. The van der Waals surface area contributed by atoms with E-state index in [0.717, 1.165) is 37.7 Å². The van der Waals surface area contributed by atoms with Crippen LogP contribution < -0.4 is 0 Å². The van der Waals surface area contributed by atoms with Crippen LogP contribution in [-0.2, 0) is 14.3 Å². The minimum absolute atomic E-state index is 0.255. The molecule has 1 fully saturated rings. The van der Waals surface area contributed by atoms with Crippen LogP contribution in [-0.4, -0.2) is 14.0 Å². The van der Waals surface area contributed by atoms with Crippen molar-refractivity contribution in [2.45, 2.75) is 55.9 Å². The molecule has 2 aliphatic rings. The first-order chi connectivity index (χ1) is 9.52. The second kappa shape index (κ2) is 5.01. The molecule has 2 aliphatic carbocycles. The van der Waals surface area contributed by atoms with Crippen molar-refractivity contribution in [2.75, 3.05) is 0 Å². The lowest BCUT2D eigenvalue weighted by Gasteiger charge is -2.22. The maximum Gasteiger partial charge on any atom is 0.297 e. The van der Waals surface area contributed by atoms with Crippen molar-refractivity contribution >= 4 is 10.1 Å². The minimum Gasteiger partial charge on any atom is -0.255 e. The van der Waals surface area contributed by atoms with Crippen molar-refractivity contribution in [1.29, 1.82) is 0 Å². The Bertz CT molecular complexity index is 622. The van der Waals surface area contributed by atoms with Gasteiger partial charge in [-0.2, -0.15) is 8.42 Å². The number of rotatable bonds is 4. The van der Waals surface area contributed by atoms with E-state index in [-0.39, 0.29) is 4.90 Å². The molecule has 1 aromatic carbocycles. The molecular weight excluding hydrogens is 272 g/mol. The molecular formula is C16H20O3S. The van der Waals surface area contributed by atoms with Gasteiger partial charge >= 0.3 is 0 Å². The van der Waals surface area contributed by atoms with Gasteiger partial charge in [-0.25, -0.2) is 0 Å². The van der Waals surface area contributed by atoms with Crippen LogP contribution in [0.3, 0.4) is 0 Å². The number of aryl methyl sites for hydroxylation is 1. The number of hydrogen-bond donors (Lipinski definition) is 0. The first kappa shape index (κ1) is 13.8. The van der Waals surface area contributed by atoms with Crippen LogP contribution in [0.5, 0.6) is 0 Å². The number of benzene rings is 1. The molecule has 108 valence electrons. The number of allylic oxidation sites excluding steroid dienone is 1. The maximum absolute atomic E-state index is 12.4. The molecule has 20 heavy (non-hydrogen) atoms. The van der Waals surface area contributed by atoms with Crippen LogP contribution in [0.2, 0.25) is 0 Å². The molecule has 1 aromatic rings. The standard InChI is InChI=1S/C16H20O3S/c1-13-7-9-15(10-8-13)20(17,18)19-16(11-12-16)14-5-3-2-4-6-14/h5,7-10H,2-4,6,11-12H2,1H3. The van der Waals surface area contributed by atoms with Crippen LogP contribution in [0.25, 0.3) is 0 Å². The largest absolute Gasteiger partial charge is 0.297 e. The van der Waals surface area contributed by atoms with Gasteiger partial charge in [0, 0.05) is 0 Å². The van der Waals surface area contributed by atoms with Crippen molar-refractivity contribution in [2.24, 2.45) is 0 Å². The zero-order chi connectivity index (χ0) is 14.2. The minimum atomic E-state index is -3.66. The van der Waals surface area contributed by atoms with E-state index in [1.54, 1.807) is 24.3 Å². The molecule has 0 bridgehead atoms. The molecule has 3 nitrogen and oxygen atoms in total. The second-order valence-corrected chi connectivity index (χ2v) is 7.37.